The van der Waals surface area contributed by atoms with Crippen molar-refractivity contribution < 1.29 is 17.7 Å². The fraction of sp³-hybridized carbons (Fsp3) is 0.300. The summed E-state index contributed by atoms with van der Waals surface area (Å²) in [5, 5.41) is 4.27. The van der Waals surface area contributed by atoms with Gasteiger partial charge in [0.2, 0.25) is 5.82 Å². The minimum atomic E-state index is -3.93. The molecule has 0 radical (unpaired) electrons. The predicted molar refractivity (Wildman–Crippen MR) is 114 cm³/mol. The summed E-state index contributed by atoms with van der Waals surface area (Å²) in [6.07, 6.45) is 4.34. The van der Waals surface area contributed by atoms with Gasteiger partial charge in [-0.25, -0.2) is 13.4 Å². The second-order valence-corrected chi connectivity index (χ2v) is 9.31. The zero-order chi connectivity index (χ0) is 22.0. The zero-order valence-corrected chi connectivity index (χ0v) is 18.3. The van der Waals surface area contributed by atoms with Crippen molar-refractivity contribution in [3.05, 3.63) is 53.0 Å². The van der Waals surface area contributed by atoms with E-state index in [0.717, 1.165) is 19.3 Å². The molecule has 3 aromatic rings. The Labute approximate surface area is 184 Å². The van der Waals surface area contributed by atoms with Gasteiger partial charge in [0.25, 0.3) is 10.0 Å². The number of nitrogens with zero attached hydrogens (tertiary/aromatic N) is 4. The number of likely N-dealkylation sites (tertiary alicyclic amines) is 1. The number of carbonyl (C=O) groups is 1. The maximum absolute atomic E-state index is 12.9. The lowest BCUT2D eigenvalue weighted by Gasteiger charge is -2.24. The number of pyridine rings is 1. The third kappa shape index (κ3) is 4.70. The van der Waals surface area contributed by atoms with Gasteiger partial charge in [-0.2, -0.15) is 4.98 Å². The summed E-state index contributed by atoms with van der Waals surface area (Å²) in [5.74, 6) is -0.135. The van der Waals surface area contributed by atoms with Crippen molar-refractivity contribution in [1.82, 2.24) is 20.0 Å². The minimum absolute atomic E-state index is 0.0375. The van der Waals surface area contributed by atoms with E-state index in [2.05, 4.69) is 19.8 Å². The van der Waals surface area contributed by atoms with Crippen LogP contribution in [0, 0.1) is 6.92 Å². The lowest BCUT2D eigenvalue weighted by molar-refractivity contribution is 0.0674. The molecule has 0 aliphatic carbocycles. The summed E-state index contributed by atoms with van der Waals surface area (Å²) in [4.78, 5) is 22.4. The number of halogens is 1. The molecule has 2 aromatic heterocycles. The number of hydrogen-bond acceptors (Lipinski definition) is 7. The number of rotatable bonds is 5. The van der Waals surface area contributed by atoms with Gasteiger partial charge in [-0.3, -0.25) is 9.52 Å². The van der Waals surface area contributed by atoms with E-state index >= 15 is 0 Å². The molecule has 1 amide bonds. The van der Waals surface area contributed by atoms with Gasteiger partial charge >= 0.3 is 11.8 Å². The van der Waals surface area contributed by atoms with Crippen LogP contribution in [0.5, 0.6) is 0 Å². The number of carbonyl (C=O) groups excluding carboxylic acids is 1. The van der Waals surface area contributed by atoms with Crippen LogP contribution in [0.15, 0.2) is 45.9 Å². The smallest absolute Gasteiger partial charge is 0.316 e. The van der Waals surface area contributed by atoms with Crippen LogP contribution in [-0.2, 0) is 10.0 Å². The first-order chi connectivity index (χ1) is 14.8. The number of amides is 1. The molecule has 0 bridgehead atoms. The molecule has 1 aliphatic heterocycles. The van der Waals surface area contributed by atoms with Gasteiger partial charge in [0.15, 0.2) is 0 Å². The Morgan fingerprint density at radius 3 is 2.65 bits per heavy atom. The Kier molecular flexibility index (Phi) is 5.92. The highest BCUT2D eigenvalue weighted by atomic mass is 35.5. The fourth-order valence-electron chi connectivity index (χ4n) is 3.32. The number of nitrogens with one attached hydrogen (secondary N) is 1. The highest BCUT2D eigenvalue weighted by molar-refractivity contribution is 7.92. The molecule has 1 saturated heterocycles. The molecule has 1 aliphatic rings. The highest BCUT2D eigenvalue weighted by Crippen LogP contribution is 2.25. The molecule has 1 fully saturated rings. The molecule has 3 heterocycles. The lowest BCUT2D eigenvalue weighted by atomic mass is 10.1. The molecule has 0 saturated carbocycles. The first kappa shape index (κ1) is 21.3. The first-order valence-electron chi connectivity index (χ1n) is 9.72. The van der Waals surface area contributed by atoms with Gasteiger partial charge in [-0.15, -0.1) is 0 Å². The summed E-state index contributed by atoms with van der Waals surface area (Å²) < 4.78 is 33.4. The second-order valence-electron chi connectivity index (χ2n) is 7.22. The molecule has 1 N–H and O–H groups in total. The van der Waals surface area contributed by atoms with Crippen LogP contribution in [0.4, 0.5) is 5.82 Å². The van der Waals surface area contributed by atoms with Crippen LogP contribution in [-0.4, -0.2) is 47.4 Å². The monoisotopic (exact) mass is 461 g/mol. The van der Waals surface area contributed by atoms with Crippen LogP contribution in [0.25, 0.3) is 11.4 Å². The molecule has 0 atom stereocenters. The Bertz CT molecular complexity index is 1200. The summed E-state index contributed by atoms with van der Waals surface area (Å²) in [5.41, 5.74) is 0.940. The van der Waals surface area contributed by atoms with Crippen molar-refractivity contribution in [3.8, 4) is 11.4 Å². The summed E-state index contributed by atoms with van der Waals surface area (Å²) >= 11 is 5.80. The topological polar surface area (TPSA) is 118 Å². The average Bonchev–Trinajstić information content (AvgIpc) is 3.26. The Hall–Kier alpha value is -2.98. The first-order valence-corrected chi connectivity index (χ1v) is 11.6. The lowest BCUT2D eigenvalue weighted by Crippen LogP contribution is -2.35. The van der Waals surface area contributed by atoms with Gasteiger partial charge < -0.3 is 9.42 Å². The number of aryl methyl sites for hydroxylation is 1. The van der Waals surface area contributed by atoms with Gasteiger partial charge in [-0.1, -0.05) is 28.9 Å². The largest absolute Gasteiger partial charge is 0.334 e. The van der Waals surface area contributed by atoms with E-state index in [0.29, 0.717) is 29.2 Å². The van der Waals surface area contributed by atoms with Gasteiger partial charge in [0.1, 0.15) is 5.82 Å². The van der Waals surface area contributed by atoms with Crippen molar-refractivity contribution in [2.75, 3.05) is 17.8 Å². The van der Waals surface area contributed by atoms with Crippen molar-refractivity contribution in [2.24, 2.45) is 0 Å². The minimum Gasteiger partial charge on any atom is -0.334 e. The molecule has 9 nitrogen and oxygen atoms in total. The Balaban J connectivity index is 1.60. The summed E-state index contributed by atoms with van der Waals surface area (Å²) in [7, 11) is -3.93. The molecule has 31 heavy (non-hydrogen) atoms. The number of hydrogen-bond donors (Lipinski definition) is 1. The van der Waals surface area contributed by atoms with E-state index in [4.69, 9.17) is 16.1 Å². The van der Waals surface area contributed by atoms with E-state index < -0.39 is 10.0 Å². The average molecular weight is 462 g/mol. The highest BCUT2D eigenvalue weighted by Gasteiger charge is 2.25. The number of sulfonamides is 1. The van der Waals surface area contributed by atoms with Gasteiger partial charge in [-0.05, 0) is 49.9 Å². The Morgan fingerprint density at radius 1 is 1.16 bits per heavy atom. The molecule has 4 rings (SSSR count). The summed E-state index contributed by atoms with van der Waals surface area (Å²) in [6.45, 7) is 3.00. The molecule has 1 aromatic carbocycles. The van der Waals surface area contributed by atoms with Gasteiger partial charge in [0, 0.05) is 24.8 Å². The van der Waals surface area contributed by atoms with Gasteiger partial charge in [0.05, 0.1) is 9.92 Å². The normalized spacial score (nSPS) is 14.5. The summed E-state index contributed by atoms with van der Waals surface area (Å²) in [6, 6.07) is 7.76. The van der Waals surface area contributed by atoms with E-state index in [1.54, 1.807) is 24.0 Å². The Morgan fingerprint density at radius 2 is 1.94 bits per heavy atom. The predicted octanol–water partition coefficient (Wildman–Crippen LogP) is 3.52. The SMILES string of the molecule is Cc1ccc(-c2noc(C(=O)N3CCCCC3)n2)cc1S(=O)(=O)Nc1ccc(Cl)cn1. The van der Waals surface area contributed by atoms with Crippen molar-refractivity contribution in [2.45, 2.75) is 31.1 Å². The van der Waals surface area contributed by atoms with E-state index in [1.807, 2.05) is 0 Å². The standard InChI is InChI=1S/C20H20ClN5O4S/c1-13-5-6-14(11-16(13)31(28,29)25-17-8-7-15(21)12-22-17)18-23-19(30-24-18)20(27)26-9-3-2-4-10-26/h5-8,11-12H,2-4,9-10H2,1H3,(H,22,25). The van der Waals surface area contributed by atoms with Crippen LogP contribution in [0.3, 0.4) is 0 Å². The number of anilines is 1. The van der Waals surface area contributed by atoms with Crippen LogP contribution < -0.4 is 4.72 Å². The number of aromatic nitrogens is 3. The fourth-order valence-corrected chi connectivity index (χ4v) is 4.71. The maximum Gasteiger partial charge on any atom is 0.316 e. The van der Waals surface area contributed by atoms with Crippen LogP contribution in [0.2, 0.25) is 5.02 Å². The van der Waals surface area contributed by atoms with Crippen molar-refractivity contribution in [3.63, 3.8) is 0 Å². The molecule has 11 heteroatoms. The second kappa shape index (κ2) is 8.64. The van der Waals surface area contributed by atoms with E-state index in [1.165, 1.54) is 24.4 Å². The van der Waals surface area contributed by atoms with Crippen molar-refractivity contribution in [1.29, 1.82) is 0 Å². The third-order valence-electron chi connectivity index (χ3n) is 4.95. The molecular formula is C20H20ClN5O4S. The van der Waals surface area contributed by atoms with E-state index in [9.17, 15) is 13.2 Å². The van der Waals surface area contributed by atoms with E-state index in [-0.39, 0.29) is 28.3 Å². The maximum atomic E-state index is 12.9. The zero-order valence-electron chi connectivity index (χ0n) is 16.7. The van der Waals surface area contributed by atoms with Crippen LogP contribution in [0.1, 0.15) is 35.5 Å². The van der Waals surface area contributed by atoms with Crippen LogP contribution >= 0.6 is 11.6 Å². The third-order valence-corrected chi connectivity index (χ3v) is 6.67. The number of piperidine rings is 1. The molecule has 0 spiro atoms. The molecule has 162 valence electrons. The quantitative estimate of drug-likeness (QED) is 0.617. The molecular weight excluding hydrogens is 442 g/mol. The number of benzene rings is 1. The van der Waals surface area contributed by atoms with Crippen molar-refractivity contribution >= 4 is 33.3 Å². The molecule has 0 unspecified atom stereocenters.